The van der Waals surface area contributed by atoms with Gasteiger partial charge in [0.05, 0.1) is 17.6 Å². The molecule has 0 saturated carbocycles. The van der Waals surface area contributed by atoms with Crippen LogP contribution in [0.15, 0.2) is 47.4 Å². The molecule has 1 fully saturated rings. The standard InChI is InChI=1S/C26H30N2O5S/c1-5-17(4)33-21-13-10-19(14-22(21)32-7-3)15-23-25(30)28(26(31)34-23)16-24(29)27-20-11-8-18(6-2)9-12-20/h8-15,17H,5-7,16H2,1-4H3,(H,27,29)/b23-15+/t17-/m1/s1. The fraction of sp³-hybridized carbons (Fsp3) is 0.346. The smallest absolute Gasteiger partial charge is 0.294 e. The van der Waals surface area contributed by atoms with Crippen LogP contribution in [0.3, 0.4) is 0 Å². The number of carbonyl (C=O) groups is 3. The van der Waals surface area contributed by atoms with Crippen LogP contribution in [-0.4, -0.2) is 41.2 Å². The summed E-state index contributed by atoms with van der Waals surface area (Å²) in [5.41, 5.74) is 2.47. The van der Waals surface area contributed by atoms with E-state index in [1.165, 1.54) is 0 Å². The van der Waals surface area contributed by atoms with Gasteiger partial charge in [0.15, 0.2) is 11.5 Å². The summed E-state index contributed by atoms with van der Waals surface area (Å²) in [6.07, 6.45) is 3.42. The highest BCUT2D eigenvalue weighted by Crippen LogP contribution is 2.35. The molecule has 180 valence electrons. The van der Waals surface area contributed by atoms with E-state index in [0.717, 1.165) is 35.1 Å². The van der Waals surface area contributed by atoms with Crippen molar-refractivity contribution in [3.8, 4) is 11.5 Å². The number of nitrogens with zero attached hydrogens (tertiary/aromatic N) is 1. The third kappa shape index (κ3) is 6.41. The Morgan fingerprint density at radius 2 is 1.82 bits per heavy atom. The molecule has 0 unspecified atom stereocenters. The summed E-state index contributed by atoms with van der Waals surface area (Å²) in [5.74, 6) is 0.275. The number of rotatable bonds is 10. The Labute approximate surface area is 204 Å². The molecule has 3 rings (SSSR count). The third-order valence-corrected chi connectivity index (χ3v) is 6.20. The third-order valence-electron chi connectivity index (χ3n) is 5.29. The number of ether oxygens (including phenoxy) is 2. The van der Waals surface area contributed by atoms with Gasteiger partial charge in [-0.15, -0.1) is 0 Å². The molecule has 0 spiro atoms. The van der Waals surface area contributed by atoms with Gasteiger partial charge in [-0.2, -0.15) is 0 Å². The zero-order valence-electron chi connectivity index (χ0n) is 19.9. The maximum absolute atomic E-state index is 12.8. The zero-order valence-corrected chi connectivity index (χ0v) is 20.7. The molecule has 1 heterocycles. The number of imide groups is 1. The van der Waals surface area contributed by atoms with Crippen molar-refractivity contribution < 1.29 is 23.9 Å². The lowest BCUT2D eigenvalue weighted by molar-refractivity contribution is -0.127. The number of anilines is 1. The average Bonchev–Trinajstić information content (AvgIpc) is 3.08. The molecule has 1 atom stereocenters. The Balaban J connectivity index is 1.70. The predicted octanol–water partition coefficient (Wildman–Crippen LogP) is 5.50. The minimum Gasteiger partial charge on any atom is -0.490 e. The van der Waals surface area contributed by atoms with Crippen molar-refractivity contribution in [2.75, 3.05) is 18.5 Å². The quantitative estimate of drug-likeness (QED) is 0.450. The van der Waals surface area contributed by atoms with E-state index in [2.05, 4.69) is 5.32 Å². The molecule has 0 bridgehead atoms. The molecule has 7 nitrogen and oxygen atoms in total. The van der Waals surface area contributed by atoms with Gasteiger partial charge >= 0.3 is 0 Å². The highest BCUT2D eigenvalue weighted by atomic mass is 32.2. The summed E-state index contributed by atoms with van der Waals surface area (Å²) in [6, 6.07) is 12.8. The van der Waals surface area contributed by atoms with Gasteiger partial charge in [0.25, 0.3) is 11.1 Å². The summed E-state index contributed by atoms with van der Waals surface area (Å²) in [4.78, 5) is 38.9. The van der Waals surface area contributed by atoms with Crippen LogP contribution in [0.1, 0.15) is 45.2 Å². The van der Waals surface area contributed by atoms with E-state index in [4.69, 9.17) is 9.47 Å². The number of hydrogen-bond donors (Lipinski definition) is 1. The van der Waals surface area contributed by atoms with Crippen molar-refractivity contribution in [3.63, 3.8) is 0 Å². The molecule has 0 radical (unpaired) electrons. The Hall–Kier alpha value is -3.26. The normalized spacial score (nSPS) is 15.5. The first-order chi connectivity index (χ1) is 16.3. The van der Waals surface area contributed by atoms with E-state index in [1.54, 1.807) is 36.4 Å². The second-order valence-corrected chi connectivity index (χ2v) is 8.84. The summed E-state index contributed by atoms with van der Waals surface area (Å²) < 4.78 is 11.6. The summed E-state index contributed by atoms with van der Waals surface area (Å²) in [7, 11) is 0. The monoisotopic (exact) mass is 482 g/mol. The molecular weight excluding hydrogens is 452 g/mol. The molecule has 0 aromatic heterocycles. The first-order valence-corrected chi connectivity index (χ1v) is 12.2. The number of aryl methyl sites for hydroxylation is 1. The lowest BCUT2D eigenvalue weighted by atomic mass is 10.1. The maximum Gasteiger partial charge on any atom is 0.294 e. The Kier molecular flexibility index (Phi) is 8.76. The average molecular weight is 483 g/mol. The summed E-state index contributed by atoms with van der Waals surface area (Å²) in [6.45, 7) is 8.08. The molecule has 1 saturated heterocycles. The van der Waals surface area contributed by atoms with Crippen molar-refractivity contribution in [1.29, 1.82) is 0 Å². The molecule has 1 aliphatic heterocycles. The molecule has 8 heteroatoms. The fourth-order valence-corrected chi connectivity index (χ4v) is 4.07. The largest absolute Gasteiger partial charge is 0.490 e. The Bertz CT molecular complexity index is 1080. The van der Waals surface area contributed by atoms with Gasteiger partial charge in [-0.05, 0) is 79.9 Å². The lowest BCUT2D eigenvalue weighted by Crippen LogP contribution is -2.36. The number of thioether (sulfide) groups is 1. The van der Waals surface area contributed by atoms with Gasteiger partial charge in [-0.1, -0.05) is 32.0 Å². The van der Waals surface area contributed by atoms with E-state index in [-0.39, 0.29) is 17.6 Å². The molecular formula is C26H30N2O5S. The van der Waals surface area contributed by atoms with Crippen LogP contribution in [0, 0.1) is 0 Å². The van der Waals surface area contributed by atoms with E-state index in [1.807, 2.05) is 39.8 Å². The van der Waals surface area contributed by atoms with Crippen LogP contribution in [0.5, 0.6) is 11.5 Å². The topological polar surface area (TPSA) is 84.9 Å². The first-order valence-electron chi connectivity index (χ1n) is 11.4. The van der Waals surface area contributed by atoms with Crippen LogP contribution < -0.4 is 14.8 Å². The highest BCUT2D eigenvalue weighted by Gasteiger charge is 2.36. The molecule has 0 aliphatic carbocycles. The number of hydrogen-bond acceptors (Lipinski definition) is 6. The Morgan fingerprint density at radius 3 is 2.47 bits per heavy atom. The first kappa shape index (κ1) is 25.4. The maximum atomic E-state index is 12.8. The number of nitrogens with one attached hydrogen (secondary N) is 1. The number of carbonyl (C=O) groups excluding carboxylic acids is 3. The van der Waals surface area contributed by atoms with Crippen LogP contribution in [0.4, 0.5) is 10.5 Å². The van der Waals surface area contributed by atoms with Crippen molar-refractivity contribution >= 4 is 40.6 Å². The predicted molar refractivity (Wildman–Crippen MR) is 135 cm³/mol. The van der Waals surface area contributed by atoms with Crippen molar-refractivity contribution in [2.24, 2.45) is 0 Å². The second-order valence-electron chi connectivity index (χ2n) is 7.84. The summed E-state index contributed by atoms with van der Waals surface area (Å²) >= 11 is 0.814. The molecule has 2 aromatic carbocycles. The van der Waals surface area contributed by atoms with Crippen LogP contribution in [0.2, 0.25) is 0 Å². The molecule has 1 aliphatic rings. The van der Waals surface area contributed by atoms with Gasteiger partial charge in [0, 0.05) is 5.69 Å². The van der Waals surface area contributed by atoms with Crippen molar-refractivity contribution in [1.82, 2.24) is 4.90 Å². The molecule has 2 aromatic rings. The molecule has 34 heavy (non-hydrogen) atoms. The number of benzene rings is 2. The van der Waals surface area contributed by atoms with Crippen LogP contribution in [-0.2, 0) is 16.0 Å². The number of amides is 3. The SMILES string of the molecule is CCOc1cc(/C=C2/SC(=O)N(CC(=O)Nc3ccc(CC)cc3)C2=O)ccc1O[C@H](C)CC. The van der Waals surface area contributed by atoms with Gasteiger partial charge in [0.2, 0.25) is 5.91 Å². The minimum atomic E-state index is -0.496. The van der Waals surface area contributed by atoms with Gasteiger partial charge in [0.1, 0.15) is 6.54 Å². The van der Waals surface area contributed by atoms with Gasteiger partial charge in [-0.3, -0.25) is 19.3 Å². The van der Waals surface area contributed by atoms with E-state index < -0.39 is 17.1 Å². The fourth-order valence-electron chi connectivity index (χ4n) is 3.24. The highest BCUT2D eigenvalue weighted by molar-refractivity contribution is 8.18. The van der Waals surface area contributed by atoms with E-state index in [0.29, 0.717) is 29.4 Å². The van der Waals surface area contributed by atoms with E-state index >= 15 is 0 Å². The second kappa shape index (κ2) is 11.7. The van der Waals surface area contributed by atoms with Crippen molar-refractivity contribution in [3.05, 3.63) is 58.5 Å². The molecule has 1 N–H and O–H groups in total. The van der Waals surface area contributed by atoms with Crippen LogP contribution >= 0.6 is 11.8 Å². The minimum absolute atomic E-state index is 0.0392. The lowest BCUT2D eigenvalue weighted by Gasteiger charge is -2.16. The molecule has 3 amide bonds. The van der Waals surface area contributed by atoms with E-state index in [9.17, 15) is 14.4 Å². The zero-order chi connectivity index (χ0) is 24.7. The van der Waals surface area contributed by atoms with Gasteiger partial charge < -0.3 is 14.8 Å². The summed E-state index contributed by atoms with van der Waals surface area (Å²) in [5, 5.41) is 2.25. The van der Waals surface area contributed by atoms with Crippen molar-refractivity contribution in [2.45, 2.75) is 46.6 Å². The Morgan fingerprint density at radius 1 is 1.09 bits per heavy atom. The van der Waals surface area contributed by atoms with Gasteiger partial charge in [-0.25, -0.2) is 0 Å². The van der Waals surface area contributed by atoms with Crippen LogP contribution in [0.25, 0.3) is 6.08 Å².